The third-order valence-electron chi connectivity index (χ3n) is 4.65. The van der Waals surface area contributed by atoms with Gasteiger partial charge in [-0.25, -0.2) is 8.78 Å². The van der Waals surface area contributed by atoms with E-state index < -0.39 is 11.6 Å². The highest BCUT2D eigenvalue weighted by Crippen LogP contribution is 2.30. The van der Waals surface area contributed by atoms with E-state index in [9.17, 15) is 8.78 Å². The fraction of sp³-hybridized carbons (Fsp3) is 0.526. The Balaban J connectivity index is 1.90. The van der Waals surface area contributed by atoms with Gasteiger partial charge in [0, 0.05) is 43.5 Å². The summed E-state index contributed by atoms with van der Waals surface area (Å²) in [6.45, 7) is 8.20. The van der Waals surface area contributed by atoms with Crippen LogP contribution < -0.4 is 5.32 Å². The average Bonchev–Trinajstić information content (AvgIpc) is 2.90. The second kappa shape index (κ2) is 7.62. The van der Waals surface area contributed by atoms with Gasteiger partial charge in [0.15, 0.2) is 0 Å². The molecule has 1 aromatic carbocycles. The summed E-state index contributed by atoms with van der Waals surface area (Å²) < 4.78 is 34.6. The molecule has 0 saturated carbocycles. The molecule has 25 heavy (non-hydrogen) atoms. The van der Waals surface area contributed by atoms with Gasteiger partial charge in [0.05, 0.1) is 11.4 Å². The zero-order chi connectivity index (χ0) is 18.0. The molecule has 0 spiro atoms. The van der Waals surface area contributed by atoms with E-state index in [4.69, 9.17) is 9.84 Å². The first kappa shape index (κ1) is 18.0. The van der Waals surface area contributed by atoms with Gasteiger partial charge in [0.25, 0.3) is 0 Å². The lowest BCUT2D eigenvalue weighted by Gasteiger charge is -2.22. The van der Waals surface area contributed by atoms with E-state index in [0.29, 0.717) is 18.2 Å². The largest absolute Gasteiger partial charge is 0.381 e. The summed E-state index contributed by atoms with van der Waals surface area (Å²) in [5, 5.41) is 8.24. The monoisotopic (exact) mass is 349 g/mol. The summed E-state index contributed by atoms with van der Waals surface area (Å²) in [7, 11) is 0. The first-order chi connectivity index (χ1) is 12.0. The van der Waals surface area contributed by atoms with E-state index >= 15 is 0 Å². The Morgan fingerprint density at radius 2 is 1.84 bits per heavy atom. The molecule has 0 bridgehead atoms. The zero-order valence-electron chi connectivity index (χ0n) is 15.0. The van der Waals surface area contributed by atoms with Gasteiger partial charge in [-0.3, -0.25) is 4.68 Å². The molecule has 6 heteroatoms. The number of nitrogens with one attached hydrogen (secondary N) is 1. The van der Waals surface area contributed by atoms with Crippen LogP contribution in [0.1, 0.15) is 44.0 Å². The van der Waals surface area contributed by atoms with Crippen molar-refractivity contribution in [1.29, 1.82) is 0 Å². The topological polar surface area (TPSA) is 39.1 Å². The lowest BCUT2D eigenvalue weighted by molar-refractivity contribution is 0.0775. The minimum absolute atomic E-state index is 0.0943. The smallest absolute Gasteiger partial charge is 0.126 e. The molecule has 2 aromatic rings. The molecule has 136 valence electrons. The van der Waals surface area contributed by atoms with E-state index in [1.807, 2.05) is 25.5 Å². The maximum Gasteiger partial charge on any atom is 0.126 e. The van der Waals surface area contributed by atoms with Crippen LogP contribution in [0.3, 0.4) is 0 Å². The predicted octanol–water partition coefficient (Wildman–Crippen LogP) is 3.99. The maximum absolute atomic E-state index is 13.7. The van der Waals surface area contributed by atoms with Crippen molar-refractivity contribution in [2.24, 2.45) is 0 Å². The lowest BCUT2D eigenvalue weighted by Crippen LogP contribution is -2.34. The van der Waals surface area contributed by atoms with Gasteiger partial charge in [-0.05, 0) is 51.3 Å². The van der Waals surface area contributed by atoms with Gasteiger partial charge in [-0.15, -0.1) is 0 Å². The Bertz CT molecular complexity index is 716. The van der Waals surface area contributed by atoms with Crippen LogP contribution in [0.15, 0.2) is 18.2 Å². The number of aromatic nitrogens is 2. The number of halogens is 2. The van der Waals surface area contributed by atoms with Crippen molar-refractivity contribution < 1.29 is 13.5 Å². The first-order valence-electron chi connectivity index (χ1n) is 8.81. The number of ether oxygens (including phenoxy) is 1. The number of rotatable bonds is 5. The Kier molecular flexibility index (Phi) is 5.49. The molecule has 0 radical (unpaired) electrons. The summed E-state index contributed by atoms with van der Waals surface area (Å²) in [5.41, 5.74) is 3.17. The minimum Gasteiger partial charge on any atom is -0.381 e. The predicted molar refractivity (Wildman–Crippen MR) is 93.4 cm³/mol. The third-order valence-corrected chi connectivity index (χ3v) is 4.65. The van der Waals surface area contributed by atoms with Gasteiger partial charge >= 0.3 is 0 Å². The first-order valence-corrected chi connectivity index (χ1v) is 8.81. The van der Waals surface area contributed by atoms with Crippen molar-refractivity contribution in [1.82, 2.24) is 15.1 Å². The number of hydrogen-bond donors (Lipinski definition) is 1. The van der Waals surface area contributed by atoms with E-state index in [1.165, 1.54) is 12.1 Å². The molecule has 1 aliphatic heterocycles. The van der Waals surface area contributed by atoms with Crippen molar-refractivity contribution in [3.05, 3.63) is 41.1 Å². The minimum atomic E-state index is -0.576. The summed E-state index contributed by atoms with van der Waals surface area (Å²) in [5.74, 6) is -1.15. The van der Waals surface area contributed by atoms with Crippen LogP contribution in [0.4, 0.5) is 8.78 Å². The molecule has 3 rings (SSSR count). The Morgan fingerprint density at radius 1 is 1.20 bits per heavy atom. The fourth-order valence-corrected chi connectivity index (χ4v) is 3.29. The molecular weight excluding hydrogens is 324 g/mol. The molecule has 4 nitrogen and oxygen atoms in total. The molecular formula is C19H25F2N3O. The number of hydrogen-bond acceptors (Lipinski definition) is 3. The van der Waals surface area contributed by atoms with Crippen LogP contribution in [0.5, 0.6) is 0 Å². The highest BCUT2D eigenvalue weighted by molar-refractivity contribution is 5.64. The lowest BCUT2D eigenvalue weighted by atomic mass is 10.0. The van der Waals surface area contributed by atoms with Crippen molar-refractivity contribution in [2.75, 3.05) is 13.2 Å². The summed E-state index contributed by atoms with van der Waals surface area (Å²) in [6.07, 6.45) is 1.98. The zero-order valence-corrected chi connectivity index (χ0v) is 15.0. The Morgan fingerprint density at radius 3 is 2.44 bits per heavy atom. The van der Waals surface area contributed by atoms with Crippen molar-refractivity contribution in [3.63, 3.8) is 0 Å². The van der Waals surface area contributed by atoms with Gasteiger partial charge in [-0.2, -0.15) is 5.10 Å². The Labute approximate surface area is 147 Å². The number of nitrogens with zero attached hydrogens (tertiary/aromatic N) is 2. The average molecular weight is 349 g/mol. The highest BCUT2D eigenvalue weighted by Gasteiger charge is 2.20. The summed E-state index contributed by atoms with van der Waals surface area (Å²) in [6, 6.07) is 4.13. The molecule has 0 amide bonds. The molecule has 1 fully saturated rings. The summed E-state index contributed by atoms with van der Waals surface area (Å²) >= 11 is 0. The van der Waals surface area contributed by atoms with Gasteiger partial charge in [0.1, 0.15) is 11.6 Å². The molecule has 1 N–H and O–H groups in total. The van der Waals surface area contributed by atoms with Crippen molar-refractivity contribution >= 4 is 0 Å². The van der Waals surface area contributed by atoms with E-state index in [-0.39, 0.29) is 6.04 Å². The van der Waals surface area contributed by atoms with Crippen LogP contribution in [-0.2, 0) is 11.3 Å². The summed E-state index contributed by atoms with van der Waals surface area (Å²) in [4.78, 5) is 0. The molecule has 0 unspecified atom stereocenters. The van der Waals surface area contributed by atoms with Crippen molar-refractivity contribution in [3.8, 4) is 11.3 Å². The SMILES string of the molecule is Cc1c(CNC2CCOCC2)nn(C(C)C)c1-c1cc(F)cc(F)c1. The van der Waals surface area contributed by atoms with E-state index in [1.54, 1.807) is 0 Å². The second-order valence-electron chi connectivity index (χ2n) is 6.88. The second-order valence-corrected chi connectivity index (χ2v) is 6.88. The highest BCUT2D eigenvalue weighted by atomic mass is 19.1. The molecule has 2 heterocycles. The van der Waals surface area contributed by atoms with Crippen LogP contribution in [-0.4, -0.2) is 29.0 Å². The van der Waals surface area contributed by atoms with Crippen LogP contribution in [0.25, 0.3) is 11.3 Å². The maximum atomic E-state index is 13.7. The molecule has 1 saturated heterocycles. The molecule has 1 aromatic heterocycles. The standard InChI is InChI=1S/C19H25F2N3O/c1-12(2)24-19(14-8-15(20)10-16(21)9-14)13(3)18(23-24)11-22-17-4-6-25-7-5-17/h8-10,12,17,22H,4-7,11H2,1-3H3. The van der Waals surface area contributed by atoms with Gasteiger partial charge in [0.2, 0.25) is 0 Å². The Hall–Kier alpha value is -1.79. The van der Waals surface area contributed by atoms with Crippen LogP contribution in [0.2, 0.25) is 0 Å². The number of benzene rings is 1. The van der Waals surface area contributed by atoms with Gasteiger partial charge < -0.3 is 10.1 Å². The van der Waals surface area contributed by atoms with Crippen molar-refractivity contribution in [2.45, 2.75) is 52.2 Å². The molecule has 0 atom stereocenters. The normalized spacial score (nSPS) is 15.9. The van der Waals surface area contributed by atoms with E-state index in [0.717, 1.165) is 49.1 Å². The molecule has 0 aliphatic carbocycles. The fourth-order valence-electron chi connectivity index (χ4n) is 3.29. The van der Waals surface area contributed by atoms with E-state index in [2.05, 4.69) is 5.32 Å². The van der Waals surface area contributed by atoms with Crippen LogP contribution >= 0.6 is 0 Å². The third kappa shape index (κ3) is 4.07. The van der Waals surface area contributed by atoms with Crippen LogP contribution in [0, 0.1) is 18.6 Å². The van der Waals surface area contributed by atoms with Gasteiger partial charge in [-0.1, -0.05) is 0 Å². The quantitative estimate of drug-likeness (QED) is 0.887. The molecule has 1 aliphatic rings.